The summed E-state index contributed by atoms with van der Waals surface area (Å²) in [7, 11) is 1.62. The van der Waals surface area contributed by atoms with Gasteiger partial charge in [-0.25, -0.2) is 0 Å². The zero-order chi connectivity index (χ0) is 14.6. The molecule has 106 valence electrons. The summed E-state index contributed by atoms with van der Waals surface area (Å²) in [5.74, 6) is -0.475. The average Bonchev–Trinajstić information content (AvgIpc) is 2.76. The molecule has 6 heteroatoms. The van der Waals surface area contributed by atoms with E-state index in [9.17, 15) is 9.59 Å². The van der Waals surface area contributed by atoms with Crippen LogP contribution < -0.4 is 0 Å². The molecule has 0 fully saturated rings. The van der Waals surface area contributed by atoms with Crippen molar-refractivity contribution in [2.45, 2.75) is 39.0 Å². The molecule has 1 rings (SSSR count). The summed E-state index contributed by atoms with van der Waals surface area (Å²) in [5.41, 5.74) is 0.0516. The molecular formula is C13H20N2O4. The smallest absolute Gasteiger partial charge is 0.303 e. The lowest BCUT2D eigenvalue weighted by Gasteiger charge is -2.14. The van der Waals surface area contributed by atoms with Crippen molar-refractivity contribution in [1.29, 1.82) is 0 Å². The van der Waals surface area contributed by atoms with Gasteiger partial charge in [0.25, 0.3) is 5.91 Å². The Morgan fingerprint density at radius 3 is 2.53 bits per heavy atom. The molecule has 0 aliphatic rings. The van der Waals surface area contributed by atoms with Gasteiger partial charge >= 0.3 is 5.97 Å². The van der Waals surface area contributed by atoms with Crippen LogP contribution in [0.3, 0.4) is 0 Å². The lowest BCUT2D eigenvalue weighted by molar-refractivity contribution is -0.137. The highest BCUT2D eigenvalue weighted by Gasteiger charge is 2.23. The van der Waals surface area contributed by atoms with Gasteiger partial charge in [-0.3, -0.25) is 9.59 Å². The van der Waals surface area contributed by atoms with Gasteiger partial charge in [-0.2, -0.15) is 0 Å². The van der Waals surface area contributed by atoms with Gasteiger partial charge in [0.05, 0.1) is 0 Å². The molecule has 1 amide bonds. The maximum absolute atomic E-state index is 12.0. The molecule has 1 aromatic heterocycles. The van der Waals surface area contributed by atoms with Gasteiger partial charge < -0.3 is 14.5 Å². The first kappa shape index (κ1) is 15.2. The lowest BCUT2D eigenvalue weighted by Crippen LogP contribution is -2.28. The van der Waals surface area contributed by atoms with Crippen molar-refractivity contribution in [3.63, 3.8) is 0 Å². The number of amides is 1. The van der Waals surface area contributed by atoms with Crippen LogP contribution in [0.15, 0.2) is 10.6 Å². The second-order valence-corrected chi connectivity index (χ2v) is 5.55. The summed E-state index contributed by atoms with van der Waals surface area (Å²) >= 11 is 0. The van der Waals surface area contributed by atoms with Gasteiger partial charge in [0, 0.05) is 31.5 Å². The van der Waals surface area contributed by atoms with E-state index in [0.29, 0.717) is 18.7 Å². The number of aliphatic carboxylic acids is 1. The highest BCUT2D eigenvalue weighted by molar-refractivity contribution is 5.92. The van der Waals surface area contributed by atoms with Crippen molar-refractivity contribution in [2.75, 3.05) is 13.6 Å². The van der Waals surface area contributed by atoms with Crippen LogP contribution in [0.1, 0.15) is 49.9 Å². The molecule has 1 heterocycles. The molecule has 1 aromatic rings. The summed E-state index contributed by atoms with van der Waals surface area (Å²) < 4.78 is 5.15. The van der Waals surface area contributed by atoms with E-state index < -0.39 is 5.97 Å². The zero-order valence-corrected chi connectivity index (χ0v) is 11.8. The number of carboxylic acid groups (broad SMARTS) is 1. The Balaban J connectivity index is 2.62. The molecule has 0 aliphatic carbocycles. The van der Waals surface area contributed by atoms with Gasteiger partial charge in [-0.1, -0.05) is 25.9 Å². The highest BCUT2D eigenvalue weighted by Crippen LogP contribution is 2.22. The molecule has 0 aromatic carbocycles. The van der Waals surface area contributed by atoms with Crippen LogP contribution in [0.4, 0.5) is 0 Å². The number of aromatic nitrogens is 1. The third kappa shape index (κ3) is 4.39. The number of carbonyl (C=O) groups excluding carboxylic acids is 1. The summed E-state index contributed by atoms with van der Waals surface area (Å²) in [6.45, 7) is 6.29. The van der Waals surface area contributed by atoms with Gasteiger partial charge in [0.1, 0.15) is 5.76 Å². The number of rotatable bonds is 5. The van der Waals surface area contributed by atoms with Crippen LogP contribution in [-0.4, -0.2) is 40.6 Å². The molecule has 0 aliphatic heterocycles. The molecule has 0 radical (unpaired) electrons. The minimum Gasteiger partial charge on any atom is -0.481 e. The molecule has 0 saturated heterocycles. The van der Waals surface area contributed by atoms with Gasteiger partial charge in [-0.15, -0.1) is 0 Å². The monoisotopic (exact) mass is 268 g/mol. The Hall–Kier alpha value is -1.85. The van der Waals surface area contributed by atoms with Crippen molar-refractivity contribution in [2.24, 2.45) is 0 Å². The first-order chi connectivity index (χ1) is 8.71. The normalized spacial score (nSPS) is 11.4. The second kappa shape index (κ2) is 5.86. The van der Waals surface area contributed by atoms with E-state index in [1.54, 1.807) is 13.1 Å². The fourth-order valence-electron chi connectivity index (χ4n) is 1.49. The van der Waals surface area contributed by atoms with Gasteiger partial charge in [0.2, 0.25) is 0 Å². The SMILES string of the molecule is CN(CCCC(=O)O)C(=O)c1cc(C(C)(C)C)on1. The number of carbonyl (C=O) groups is 2. The molecule has 0 saturated carbocycles. The Morgan fingerprint density at radius 1 is 1.42 bits per heavy atom. The van der Waals surface area contributed by atoms with Gasteiger partial charge in [0.15, 0.2) is 5.69 Å². The van der Waals surface area contributed by atoms with Crippen molar-refractivity contribution < 1.29 is 19.2 Å². The minimum atomic E-state index is -0.864. The average molecular weight is 268 g/mol. The van der Waals surface area contributed by atoms with E-state index in [1.165, 1.54) is 4.90 Å². The number of hydrogen-bond donors (Lipinski definition) is 1. The highest BCUT2D eigenvalue weighted by atomic mass is 16.5. The number of hydrogen-bond acceptors (Lipinski definition) is 4. The zero-order valence-electron chi connectivity index (χ0n) is 11.8. The maximum atomic E-state index is 12.0. The first-order valence-electron chi connectivity index (χ1n) is 6.16. The minimum absolute atomic E-state index is 0.0453. The van der Waals surface area contributed by atoms with E-state index in [-0.39, 0.29) is 23.4 Å². The van der Waals surface area contributed by atoms with Crippen LogP contribution >= 0.6 is 0 Å². The van der Waals surface area contributed by atoms with Crippen LogP contribution in [0.25, 0.3) is 0 Å². The van der Waals surface area contributed by atoms with Crippen molar-refractivity contribution >= 4 is 11.9 Å². The molecule has 0 bridgehead atoms. The number of nitrogens with zero attached hydrogens (tertiary/aromatic N) is 2. The van der Waals surface area contributed by atoms with Crippen molar-refractivity contribution in [1.82, 2.24) is 10.1 Å². The molecule has 1 N–H and O–H groups in total. The Kier molecular flexibility index (Phi) is 4.69. The quantitative estimate of drug-likeness (QED) is 0.881. The summed E-state index contributed by atoms with van der Waals surface area (Å²) in [5, 5.41) is 12.3. The van der Waals surface area contributed by atoms with E-state index in [0.717, 1.165) is 0 Å². The third-order valence-corrected chi connectivity index (χ3v) is 2.70. The Bertz CT molecular complexity index is 459. The van der Waals surface area contributed by atoms with E-state index in [2.05, 4.69) is 5.16 Å². The predicted octanol–water partition coefficient (Wildman–Crippen LogP) is 1.91. The molecule has 6 nitrogen and oxygen atoms in total. The maximum Gasteiger partial charge on any atom is 0.303 e. The topological polar surface area (TPSA) is 83.6 Å². The largest absolute Gasteiger partial charge is 0.481 e. The molecular weight excluding hydrogens is 248 g/mol. The lowest BCUT2D eigenvalue weighted by atomic mass is 9.93. The third-order valence-electron chi connectivity index (χ3n) is 2.70. The van der Waals surface area contributed by atoms with Crippen LogP contribution in [0.5, 0.6) is 0 Å². The molecule has 0 unspecified atom stereocenters. The molecule has 0 spiro atoms. The van der Waals surface area contributed by atoms with Crippen LogP contribution in [-0.2, 0) is 10.2 Å². The van der Waals surface area contributed by atoms with E-state index in [4.69, 9.17) is 9.63 Å². The van der Waals surface area contributed by atoms with Crippen LogP contribution in [0.2, 0.25) is 0 Å². The standard InChI is InChI=1S/C13H20N2O4/c1-13(2,3)10-8-9(14-19-10)12(18)15(4)7-5-6-11(16)17/h8H,5-7H2,1-4H3,(H,16,17). The van der Waals surface area contributed by atoms with E-state index >= 15 is 0 Å². The predicted molar refractivity (Wildman–Crippen MR) is 69.0 cm³/mol. The Labute approximate surface area is 112 Å². The molecule has 19 heavy (non-hydrogen) atoms. The molecule has 0 atom stereocenters. The van der Waals surface area contributed by atoms with Crippen LogP contribution in [0, 0.1) is 0 Å². The fourth-order valence-corrected chi connectivity index (χ4v) is 1.49. The summed E-state index contributed by atoms with van der Waals surface area (Å²) in [6, 6.07) is 1.63. The summed E-state index contributed by atoms with van der Waals surface area (Å²) in [4.78, 5) is 23.9. The fraction of sp³-hybridized carbons (Fsp3) is 0.615. The van der Waals surface area contributed by atoms with Crippen molar-refractivity contribution in [3.05, 3.63) is 17.5 Å². The second-order valence-electron chi connectivity index (χ2n) is 5.55. The number of carboxylic acids is 1. The first-order valence-corrected chi connectivity index (χ1v) is 6.16. The van der Waals surface area contributed by atoms with Crippen molar-refractivity contribution in [3.8, 4) is 0 Å². The van der Waals surface area contributed by atoms with Gasteiger partial charge in [-0.05, 0) is 6.42 Å². The summed E-state index contributed by atoms with van der Waals surface area (Å²) in [6.07, 6.45) is 0.464. The Morgan fingerprint density at radius 2 is 2.05 bits per heavy atom. The van der Waals surface area contributed by atoms with E-state index in [1.807, 2.05) is 20.8 Å².